The number of nitrogens with zero attached hydrogens (tertiary/aromatic N) is 5. The molecular weight excluding hydrogens is 454 g/mol. The van der Waals surface area contributed by atoms with Crippen LogP contribution in [0.25, 0.3) is 27.7 Å². The van der Waals surface area contributed by atoms with E-state index in [0.29, 0.717) is 24.3 Å². The van der Waals surface area contributed by atoms with Crippen LogP contribution in [-0.2, 0) is 4.79 Å². The topological polar surface area (TPSA) is 108 Å². The molecule has 9 nitrogen and oxygen atoms in total. The maximum absolute atomic E-state index is 13.2. The molecule has 0 aliphatic carbocycles. The molecule has 1 aliphatic heterocycles. The third-order valence-electron chi connectivity index (χ3n) is 6.62. The number of benzene rings is 1. The lowest BCUT2D eigenvalue weighted by atomic mass is 10.0. The van der Waals surface area contributed by atoms with Gasteiger partial charge in [-0.15, -0.1) is 0 Å². The van der Waals surface area contributed by atoms with Crippen molar-refractivity contribution in [2.75, 3.05) is 18.4 Å². The first-order valence-electron chi connectivity index (χ1n) is 11.7. The number of amides is 2. The number of carbonyl (C=O) groups is 2. The number of H-pyrrole nitrogens is 1. The number of nitrogens with one attached hydrogen (secondary N) is 2. The second kappa shape index (κ2) is 8.77. The Kier molecular flexibility index (Phi) is 5.29. The lowest BCUT2D eigenvalue weighted by Crippen LogP contribution is -2.28. The zero-order valence-electron chi connectivity index (χ0n) is 19.4. The number of fused-ring (bicyclic) bond motifs is 2. The predicted octanol–water partition coefficient (Wildman–Crippen LogP) is 4.03. The van der Waals surface area contributed by atoms with Gasteiger partial charge in [-0.25, -0.2) is 4.98 Å². The van der Waals surface area contributed by atoms with Crippen LogP contribution in [0.1, 0.15) is 28.4 Å². The van der Waals surface area contributed by atoms with E-state index in [2.05, 4.69) is 38.1 Å². The fraction of sp³-hybridized carbons (Fsp3) is 0.148. The summed E-state index contributed by atoms with van der Waals surface area (Å²) < 4.78 is 1.62. The van der Waals surface area contributed by atoms with Crippen molar-refractivity contribution in [3.63, 3.8) is 0 Å². The molecule has 0 radical (unpaired) electrons. The van der Waals surface area contributed by atoms with E-state index in [1.807, 2.05) is 29.3 Å². The van der Waals surface area contributed by atoms with E-state index in [1.54, 1.807) is 41.3 Å². The Morgan fingerprint density at radius 1 is 1.08 bits per heavy atom. The van der Waals surface area contributed by atoms with Crippen molar-refractivity contribution in [1.82, 2.24) is 29.7 Å². The fourth-order valence-electron chi connectivity index (χ4n) is 4.85. The molecule has 1 saturated heterocycles. The van der Waals surface area contributed by atoms with Crippen molar-refractivity contribution in [2.45, 2.75) is 12.3 Å². The number of carbonyl (C=O) groups excluding carboxylic acids is 2. The van der Waals surface area contributed by atoms with E-state index in [1.165, 1.54) is 6.08 Å². The minimum absolute atomic E-state index is 0.0546. The zero-order valence-corrected chi connectivity index (χ0v) is 19.4. The molecule has 1 atom stereocenters. The van der Waals surface area contributed by atoms with E-state index in [0.717, 1.165) is 39.8 Å². The van der Waals surface area contributed by atoms with Crippen molar-refractivity contribution in [3.8, 4) is 11.1 Å². The molecule has 5 aromatic rings. The van der Waals surface area contributed by atoms with Gasteiger partial charge in [0.1, 0.15) is 5.65 Å². The highest BCUT2D eigenvalue weighted by atomic mass is 16.2. The molecule has 36 heavy (non-hydrogen) atoms. The Labute approximate surface area is 206 Å². The summed E-state index contributed by atoms with van der Waals surface area (Å²) in [6.45, 7) is 4.72. The van der Waals surface area contributed by atoms with Crippen LogP contribution in [0.2, 0.25) is 0 Å². The first-order valence-corrected chi connectivity index (χ1v) is 11.7. The second-order valence-corrected chi connectivity index (χ2v) is 8.81. The first-order chi connectivity index (χ1) is 17.6. The lowest BCUT2D eigenvalue weighted by molar-refractivity contribution is -0.111. The Morgan fingerprint density at radius 3 is 2.89 bits per heavy atom. The number of aromatic nitrogens is 5. The van der Waals surface area contributed by atoms with Crippen LogP contribution in [0.3, 0.4) is 0 Å². The van der Waals surface area contributed by atoms with Gasteiger partial charge >= 0.3 is 0 Å². The van der Waals surface area contributed by atoms with E-state index < -0.39 is 0 Å². The van der Waals surface area contributed by atoms with E-state index in [-0.39, 0.29) is 17.7 Å². The van der Waals surface area contributed by atoms with Crippen molar-refractivity contribution in [3.05, 3.63) is 91.0 Å². The fourth-order valence-corrected chi connectivity index (χ4v) is 4.85. The molecule has 2 amide bonds. The maximum atomic E-state index is 13.2. The maximum Gasteiger partial charge on any atom is 0.253 e. The number of pyridine rings is 1. The van der Waals surface area contributed by atoms with Gasteiger partial charge < -0.3 is 15.2 Å². The standard InChI is InChI=1S/C27H23N7O2/c1-2-25(35)31-19-6-3-5-17(13-19)27(36)33-12-9-18(16-33)23-14-21-20(8-11-28-26(21)32-23)22-15-30-34-24(22)7-4-10-29-34/h2-8,10-11,13-15,18H,1,9,12,16H2,(H,28,32)(H,31,35)/t18-/m0/s1. The smallest absolute Gasteiger partial charge is 0.253 e. The summed E-state index contributed by atoms with van der Waals surface area (Å²) in [7, 11) is 0. The molecule has 0 saturated carbocycles. The van der Waals surface area contributed by atoms with Gasteiger partial charge in [-0.3, -0.25) is 9.59 Å². The van der Waals surface area contributed by atoms with Crippen LogP contribution in [0.15, 0.2) is 79.8 Å². The molecule has 2 N–H and O–H groups in total. The summed E-state index contributed by atoms with van der Waals surface area (Å²) in [4.78, 5) is 34.7. The zero-order chi connectivity index (χ0) is 24.6. The summed E-state index contributed by atoms with van der Waals surface area (Å²) in [5.74, 6) is -0.195. The summed E-state index contributed by atoms with van der Waals surface area (Å²) in [6.07, 6.45) is 7.38. The molecule has 178 valence electrons. The number of aromatic amines is 1. The van der Waals surface area contributed by atoms with Gasteiger partial charge in [-0.05, 0) is 60.5 Å². The minimum Gasteiger partial charge on any atom is -0.343 e. The highest BCUT2D eigenvalue weighted by Crippen LogP contribution is 2.35. The average molecular weight is 478 g/mol. The van der Waals surface area contributed by atoms with Crippen LogP contribution in [0, 0.1) is 0 Å². The lowest BCUT2D eigenvalue weighted by Gasteiger charge is -2.17. The van der Waals surface area contributed by atoms with E-state index >= 15 is 0 Å². The molecule has 1 aliphatic rings. The molecule has 0 bridgehead atoms. The number of anilines is 1. The monoisotopic (exact) mass is 477 g/mol. The molecule has 4 aromatic heterocycles. The van der Waals surface area contributed by atoms with E-state index in [9.17, 15) is 9.59 Å². The molecular formula is C27H23N7O2. The number of rotatable bonds is 5. The minimum atomic E-state index is -0.312. The molecule has 0 unspecified atom stereocenters. The van der Waals surface area contributed by atoms with Gasteiger partial charge in [0, 0.05) is 59.3 Å². The first kappa shape index (κ1) is 21.7. The number of hydrogen-bond donors (Lipinski definition) is 2. The Balaban J connectivity index is 1.25. The quantitative estimate of drug-likeness (QED) is 0.372. The third kappa shape index (κ3) is 3.80. The van der Waals surface area contributed by atoms with Crippen molar-refractivity contribution in [1.29, 1.82) is 0 Å². The highest BCUT2D eigenvalue weighted by Gasteiger charge is 2.29. The van der Waals surface area contributed by atoms with Gasteiger partial charge in [-0.2, -0.15) is 14.8 Å². The van der Waals surface area contributed by atoms with Gasteiger partial charge in [0.05, 0.1) is 11.7 Å². The largest absolute Gasteiger partial charge is 0.343 e. The van der Waals surface area contributed by atoms with Gasteiger partial charge in [0.25, 0.3) is 5.91 Å². The van der Waals surface area contributed by atoms with Crippen molar-refractivity contribution < 1.29 is 9.59 Å². The van der Waals surface area contributed by atoms with E-state index in [4.69, 9.17) is 0 Å². The SMILES string of the molecule is C=CC(=O)Nc1cccc(C(=O)N2CC[C@H](c3cc4c(-c5cnn6ncccc56)ccnc4[nH]3)C2)c1. The van der Waals surface area contributed by atoms with Gasteiger partial charge in [0.2, 0.25) is 5.91 Å². The number of hydrogen-bond acceptors (Lipinski definition) is 5. The molecule has 1 aromatic carbocycles. The van der Waals surface area contributed by atoms with Gasteiger partial charge in [-0.1, -0.05) is 12.6 Å². The van der Waals surface area contributed by atoms with Crippen LogP contribution in [0.4, 0.5) is 5.69 Å². The normalized spacial score (nSPS) is 15.4. The molecule has 1 fully saturated rings. The number of likely N-dealkylation sites (tertiary alicyclic amines) is 1. The summed E-state index contributed by atoms with van der Waals surface area (Å²) in [5.41, 5.74) is 5.93. The van der Waals surface area contributed by atoms with Crippen LogP contribution >= 0.6 is 0 Å². The van der Waals surface area contributed by atoms with Crippen LogP contribution in [0.5, 0.6) is 0 Å². The highest BCUT2D eigenvalue weighted by molar-refractivity contribution is 6.01. The molecule has 9 heteroatoms. The average Bonchev–Trinajstić information content (AvgIpc) is 3.66. The molecule has 5 heterocycles. The van der Waals surface area contributed by atoms with Crippen molar-refractivity contribution in [2.24, 2.45) is 0 Å². The van der Waals surface area contributed by atoms with Crippen LogP contribution in [-0.4, -0.2) is 54.6 Å². The summed E-state index contributed by atoms with van der Waals surface area (Å²) >= 11 is 0. The summed E-state index contributed by atoms with van der Waals surface area (Å²) in [6, 6.07) is 15.0. The summed E-state index contributed by atoms with van der Waals surface area (Å²) in [5, 5.41) is 12.4. The predicted molar refractivity (Wildman–Crippen MR) is 137 cm³/mol. The van der Waals surface area contributed by atoms with Gasteiger partial charge in [0.15, 0.2) is 0 Å². The van der Waals surface area contributed by atoms with Crippen LogP contribution < -0.4 is 5.32 Å². The molecule has 6 rings (SSSR count). The third-order valence-corrected chi connectivity index (χ3v) is 6.62. The molecule has 0 spiro atoms. The second-order valence-electron chi connectivity index (χ2n) is 8.81. The Bertz CT molecular complexity index is 1630. The van der Waals surface area contributed by atoms with Crippen molar-refractivity contribution >= 4 is 34.1 Å². The Morgan fingerprint density at radius 2 is 2.00 bits per heavy atom. The Hall–Kier alpha value is -4.79.